The van der Waals surface area contributed by atoms with Crippen molar-refractivity contribution < 1.29 is 18.1 Å². The zero-order valence-corrected chi connectivity index (χ0v) is 19.0. The minimum absolute atomic E-state index is 0.0411. The Morgan fingerprint density at radius 1 is 1.22 bits per heavy atom. The Hall–Kier alpha value is -2.66. The Bertz CT molecular complexity index is 1170. The van der Waals surface area contributed by atoms with Gasteiger partial charge in [0.2, 0.25) is 5.88 Å². The van der Waals surface area contributed by atoms with Crippen molar-refractivity contribution in [3.8, 4) is 5.88 Å². The first-order valence-electron chi connectivity index (χ1n) is 10.8. The fourth-order valence-electron chi connectivity index (χ4n) is 4.93. The molecule has 32 heavy (non-hydrogen) atoms. The number of hydrogen-bond donors (Lipinski definition) is 3. The number of halogens is 1. The molecule has 1 unspecified atom stereocenters. The topological polar surface area (TPSA) is 112 Å². The van der Waals surface area contributed by atoms with Crippen LogP contribution < -0.4 is 14.8 Å². The number of carbonyl (C=O) groups is 1. The summed E-state index contributed by atoms with van der Waals surface area (Å²) < 4.78 is 46.0. The highest BCUT2D eigenvalue weighted by Crippen LogP contribution is 2.41. The van der Waals surface area contributed by atoms with Crippen LogP contribution in [0.5, 0.6) is 5.88 Å². The van der Waals surface area contributed by atoms with Crippen molar-refractivity contribution in [3.05, 3.63) is 34.3 Å². The second kappa shape index (κ2) is 7.73. The normalized spacial score (nSPS) is 20.8. The third kappa shape index (κ3) is 3.43. The van der Waals surface area contributed by atoms with E-state index < -0.39 is 15.9 Å². The second-order valence-electron chi connectivity index (χ2n) is 8.85. The van der Waals surface area contributed by atoms with Crippen LogP contribution in [0.2, 0.25) is 0 Å². The molecule has 0 fully saturated rings. The third-order valence-electron chi connectivity index (χ3n) is 6.64. The number of anilines is 1. The van der Waals surface area contributed by atoms with E-state index in [1.54, 1.807) is 4.68 Å². The maximum Gasteiger partial charge on any atom is 0.331 e. The summed E-state index contributed by atoms with van der Waals surface area (Å²) in [7, 11) is 0.163. The highest BCUT2D eigenvalue weighted by atomic mass is 32.2. The summed E-state index contributed by atoms with van der Waals surface area (Å²) in [5.41, 5.74) is 3.65. The lowest BCUT2D eigenvalue weighted by molar-refractivity contribution is 0.117. The number of urea groups is 1. The molecule has 3 aliphatic rings. The molecule has 1 aliphatic heterocycles. The van der Waals surface area contributed by atoms with Crippen molar-refractivity contribution in [1.29, 1.82) is 4.78 Å². The van der Waals surface area contributed by atoms with Crippen LogP contribution in [0, 0.1) is 10.6 Å². The van der Waals surface area contributed by atoms with Crippen LogP contribution >= 0.6 is 0 Å². The molecule has 0 saturated heterocycles. The molecule has 5 rings (SSSR count). The van der Waals surface area contributed by atoms with Gasteiger partial charge in [-0.15, -0.1) is 0 Å². The highest BCUT2D eigenvalue weighted by molar-refractivity contribution is 7.91. The van der Waals surface area contributed by atoms with Gasteiger partial charge in [-0.3, -0.25) is 0 Å². The molecule has 0 bridgehead atoms. The Kier molecular flexibility index (Phi) is 5.12. The van der Waals surface area contributed by atoms with Gasteiger partial charge >= 0.3 is 6.03 Å². The Balaban J connectivity index is 1.38. The summed E-state index contributed by atoms with van der Waals surface area (Å²) >= 11 is 0. The maximum atomic E-state index is 14.9. The molecule has 3 N–H and O–H groups in total. The molecule has 2 atom stereocenters. The van der Waals surface area contributed by atoms with Crippen LogP contribution in [-0.4, -0.2) is 51.7 Å². The molecule has 2 aromatic rings. The molecule has 9 nitrogen and oxygen atoms in total. The van der Waals surface area contributed by atoms with Crippen LogP contribution in [0.1, 0.15) is 35.1 Å². The number of ether oxygens (including phenoxy) is 1. The number of aromatic nitrogens is 2. The predicted octanol–water partition coefficient (Wildman–Crippen LogP) is 2.46. The van der Waals surface area contributed by atoms with Gasteiger partial charge in [0.1, 0.15) is 17.3 Å². The number of hydrogen-bond acceptors (Lipinski definition) is 6. The Morgan fingerprint density at radius 2 is 1.84 bits per heavy atom. The van der Waals surface area contributed by atoms with Crippen LogP contribution in [0.3, 0.4) is 0 Å². The smallest absolute Gasteiger partial charge is 0.331 e. The van der Waals surface area contributed by atoms with Gasteiger partial charge < -0.3 is 15.0 Å². The second-order valence-corrected chi connectivity index (χ2v) is 10.6. The molecule has 0 saturated carbocycles. The number of carbonyl (C=O) groups excluding carboxylic acids is 1. The number of likely N-dealkylation sites (N-methyl/N-ethyl adjacent to an activating group) is 1. The summed E-state index contributed by atoms with van der Waals surface area (Å²) in [5, 5.41) is 7.00. The number of fused-ring (bicyclic) bond motifs is 3. The van der Waals surface area contributed by atoms with E-state index in [0.29, 0.717) is 55.6 Å². The molecule has 11 heteroatoms. The van der Waals surface area contributed by atoms with E-state index in [-0.39, 0.29) is 22.6 Å². The first-order valence-corrected chi connectivity index (χ1v) is 12.4. The molecule has 2 heterocycles. The molecule has 172 valence electrons. The Labute approximate surface area is 186 Å². The van der Waals surface area contributed by atoms with Crippen molar-refractivity contribution in [2.75, 3.05) is 26.0 Å². The van der Waals surface area contributed by atoms with Crippen molar-refractivity contribution in [2.45, 2.75) is 56.0 Å². The highest BCUT2D eigenvalue weighted by Gasteiger charge is 2.32. The molecular formula is C21H27FN6O3S. The summed E-state index contributed by atoms with van der Waals surface area (Å²) in [6, 6.07) is -0.641. The fourth-order valence-corrected chi connectivity index (χ4v) is 5.96. The first kappa shape index (κ1) is 21.2. The van der Waals surface area contributed by atoms with Gasteiger partial charge in [0.25, 0.3) is 0 Å². The molecule has 2 amide bonds. The minimum atomic E-state index is -3.71. The van der Waals surface area contributed by atoms with Gasteiger partial charge in [0, 0.05) is 5.69 Å². The quantitative estimate of drug-likeness (QED) is 0.646. The molecule has 1 aromatic carbocycles. The number of benzene rings is 1. The largest absolute Gasteiger partial charge is 0.475 e. The molecule has 0 radical (unpaired) electrons. The summed E-state index contributed by atoms with van der Waals surface area (Å²) in [6.07, 6.45) is 5.72. The van der Waals surface area contributed by atoms with Crippen LogP contribution in [-0.2, 0) is 42.1 Å². The van der Waals surface area contributed by atoms with Gasteiger partial charge in [0.05, 0.1) is 18.8 Å². The average molecular weight is 463 g/mol. The van der Waals surface area contributed by atoms with E-state index in [9.17, 15) is 13.4 Å². The number of amides is 2. The standard InChI is InChI=1S/C21H27FN6O3S/c1-27(2)12-10-28-20(31-11-12)17(9-24-28)32(23,30)26-21(29)25-19-15-7-3-5-13(15)18(22)14-6-4-8-16(14)19/h9,12H,3-8,10-11H2,1-2H3,(H3,23,25,26,29,30)/t12?,32-/m0/s1. The molecule has 1 aromatic heterocycles. The predicted molar refractivity (Wildman–Crippen MR) is 117 cm³/mol. The zero-order chi connectivity index (χ0) is 22.6. The van der Waals surface area contributed by atoms with Crippen LogP contribution in [0.25, 0.3) is 0 Å². The van der Waals surface area contributed by atoms with Crippen molar-refractivity contribution in [3.63, 3.8) is 0 Å². The lowest BCUT2D eigenvalue weighted by Crippen LogP contribution is -2.41. The fraction of sp³-hybridized carbons (Fsp3) is 0.524. The van der Waals surface area contributed by atoms with Gasteiger partial charge in [-0.05, 0) is 74.9 Å². The van der Waals surface area contributed by atoms with Gasteiger partial charge in [-0.2, -0.15) is 5.10 Å². The monoisotopic (exact) mass is 462 g/mol. The van der Waals surface area contributed by atoms with Crippen LogP contribution in [0.4, 0.5) is 14.9 Å². The average Bonchev–Trinajstić information content (AvgIpc) is 3.49. The van der Waals surface area contributed by atoms with Gasteiger partial charge in [0.15, 0.2) is 9.92 Å². The van der Waals surface area contributed by atoms with Crippen molar-refractivity contribution in [1.82, 2.24) is 19.4 Å². The summed E-state index contributed by atoms with van der Waals surface area (Å²) in [4.78, 5) is 14.9. The summed E-state index contributed by atoms with van der Waals surface area (Å²) in [6.45, 7) is 0.916. The SMILES string of the molecule is CN(C)C1COc2c([S@@](=N)(=O)NC(=O)Nc3c4c(c(F)c5c3CCC5)CCC4)cnn2C1. The number of rotatable bonds is 4. The minimum Gasteiger partial charge on any atom is -0.475 e. The lowest BCUT2D eigenvalue weighted by atomic mass is 9.98. The zero-order valence-electron chi connectivity index (χ0n) is 18.2. The maximum absolute atomic E-state index is 14.9. The number of nitrogens with one attached hydrogen (secondary N) is 3. The Morgan fingerprint density at radius 3 is 2.47 bits per heavy atom. The van der Waals surface area contributed by atoms with Crippen molar-refractivity contribution >= 4 is 21.6 Å². The third-order valence-corrected chi connectivity index (χ3v) is 8.01. The van der Waals surface area contributed by atoms with Gasteiger partial charge in [-0.25, -0.2) is 27.6 Å². The molecule has 0 spiro atoms. The van der Waals surface area contributed by atoms with Gasteiger partial charge in [-0.1, -0.05) is 0 Å². The van der Waals surface area contributed by atoms with E-state index >= 15 is 0 Å². The van der Waals surface area contributed by atoms with E-state index in [2.05, 4.69) is 15.1 Å². The molecular weight excluding hydrogens is 435 g/mol. The van der Waals surface area contributed by atoms with Crippen LogP contribution in [0.15, 0.2) is 11.1 Å². The van der Waals surface area contributed by atoms with E-state index in [0.717, 1.165) is 24.0 Å². The van der Waals surface area contributed by atoms with E-state index in [1.165, 1.54) is 6.20 Å². The first-order chi connectivity index (χ1) is 15.3. The summed E-state index contributed by atoms with van der Waals surface area (Å²) in [5.74, 6) is 0.118. The number of nitrogens with zero attached hydrogens (tertiary/aromatic N) is 3. The van der Waals surface area contributed by atoms with E-state index in [4.69, 9.17) is 9.52 Å². The van der Waals surface area contributed by atoms with Crippen molar-refractivity contribution in [2.24, 2.45) is 0 Å². The lowest BCUT2D eigenvalue weighted by Gasteiger charge is -2.29. The molecule has 2 aliphatic carbocycles. The van der Waals surface area contributed by atoms with E-state index in [1.807, 2.05) is 19.0 Å².